The molecule has 0 spiro atoms. The molecule has 0 bridgehead atoms. The lowest BCUT2D eigenvalue weighted by molar-refractivity contribution is 0.628. The summed E-state index contributed by atoms with van der Waals surface area (Å²) in [5.74, 6) is 0.455. The van der Waals surface area contributed by atoms with Crippen molar-refractivity contribution in [3.63, 3.8) is 0 Å². The fourth-order valence-corrected chi connectivity index (χ4v) is 2.49. The second-order valence-electron chi connectivity index (χ2n) is 4.87. The van der Waals surface area contributed by atoms with Crippen molar-refractivity contribution in [2.45, 2.75) is 13.8 Å². The SMILES string of the molecule is Cc1cccc(F)c1-c1nc2c(C)cccc2n1C. The fraction of sp³-hybridized carbons (Fsp3) is 0.188. The number of rotatable bonds is 1. The van der Waals surface area contributed by atoms with Gasteiger partial charge in [0.15, 0.2) is 0 Å². The van der Waals surface area contributed by atoms with Gasteiger partial charge < -0.3 is 4.57 Å². The van der Waals surface area contributed by atoms with Crippen LogP contribution in [0.25, 0.3) is 22.4 Å². The maximum atomic E-state index is 14.1. The minimum absolute atomic E-state index is 0.226. The third-order valence-corrected chi connectivity index (χ3v) is 3.56. The first-order chi connectivity index (χ1) is 9.09. The van der Waals surface area contributed by atoms with Crippen molar-refractivity contribution >= 4 is 11.0 Å². The molecule has 96 valence electrons. The standard InChI is InChI=1S/C16H15FN2/c1-10-6-4-8-12(17)14(10)16-18-15-11(2)7-5-9-13(15)19(16)3/h4-9H,1-3H3. The fourth-order valence-electron chi connectivity index (χ4n) is 2.49. The minimum atomic E-state index is -0.226. The molecule has 0 atom stereocenters. The molecule has 0 aliphatic rings. The van der Waals surface area contributed by atoms with Gasteiger partial charge in [0.25, 0.3) is 0 Å². The Kier molecular flexibility index (Phi) is 2.63. The van der Waals surface area contributed by atoms with E-state index in [2.05, 4.69) is 4.98 Å². The number of fused-ring (bicyclic) bond motifs is 1. The maximum absolute atomic E-state index is 14.1. The van der Waals surface area contributed by atoms with Gasteiger partial charge in [-0.2, -0.15) is 0 Å². The molecule has 3 rings (SSSR count). The summed E-state index contributed by atoms with van der Waals surface area (Å²) in [7, 11) is 1.93. The number of para-hydroxylation sites is 1. The molecular formula is C16H15FN2. The van der Waals surface area contributed by atoms with E-state index in [-0.39, 0.29) is 5.82 Å². The lowest BCUT2D eigenvalue weighted by atomic mass is 10.1. The van der Waals surface area contributed by atoms with Crippen LogP contribution in [0.2, 0.25) is 0 Å². The maximum Gasteiger partial charge on any atom is 0.144 e. The first-order valence-corrected chi connectivity index (χ1v) is 6.27. The van der Waals surface area contributed by atoms with Crippen molar-refractivity contribution in [1.29, 1.82) is 0 Å². The van der Waals surface area contributed by atoms with Gasteiger partial charge in [-0.25, -0.2) is 9.37 Å². The van der Waals surface area contributed by atoms with E-state index in [0.29, 0.717) is 11.4 Å². The number of benzene rings is 2. The highest BCUT2D eigenvalue weighted by Gasteiger charge is 2.16. The molecular weight excluding hydrogens is 239 g/mol. The van der Waals surface area contributed by atoms with Crippen LogP contribution >= 0.6 is 0 Å². The van der Waals surface area contributed by atoms with Gasteiger partial charge in [0.05, 0.1) is 16.6 Å². The van der Waals surface area contributed by atoms with Crippen molar-refractivity contribution < 1.29 is 4.39 Å². The summed E-state index contributed by atoms with van der Waals surface area (Å²) in [6, 6.07) is 11.1. The van der Waals surface area contributed by atoms with Crippen LogP contribution in [0.3, 0.4) is 0 Å². The lowest BCUT2D eigenvalue weighted by Crippen LogP contribution is -1.97. The van der Waals surface area contributed by atoms with Crippen LogP contribution < -0.4 is 0 Å². The third kappa shape index (κ3) is 1.73. The Hall–Kier alpha value is -2.16. The highest BCUT2D eigenvalue weighted by atomic mass is 19.1. The number of hydrogen-bond acceptors (Lipinski definition) is 1. The summed E-state index contributed by atoms with van der Waals surface area (Å²) in [6.45, 7) is 3.93. The summed E-state index contributed by atoms with van der Waals surface area (Å²) >= 11 is 0. The Labute approximate surface area is 111 Å². The van der Waals surface area contributed by atoms with Gasteiger partial charge in [0, 0.05) is 7.05 Å². The molecule has 2 aromatic carbocycles. The van der Waals surface area contributed by atoms with Crippen LogP contribution in [0, 0.1) is 19.7 Å². The van der Waals surface area contributed by atoms with E-state index in [0.717, 1.165) is 22.2 Å². The van der Waals surface area contributed by atoms with Gasteiger partial charge in [0.2, 0.25) is 0 Å². The third-order valence-electron chi connectivity index (χ3n) is 3.56. The van der Waals surface area contributed by atoms with Crippen molar-refractivity contribution in [3.8, 4) is 11.4 Å². The molecule has 3 heteroatoms. The number of hydrogen-bond donors (Lipinski definition) is 0. The quantitative estimate of drug-likeness (QED) is 0.642. The van der Waals surface area contributed by atoms with Gasteiger partial charge >= 0.3 is 0 Å². The first kappa shape index (κ1) is 11.9. The Balaban J connectivity index is 2.38. The highest BCUT2D eigenvalue weighted by Crippen LogP contribution is 2.29. The van der Waals surface area contributed by atoms with E-state index in [9.17, 15) is 4.39 Å². The molecule has 1 aromatic heterocycles. The zero-order chi connectivity index (χ0) is 13.6. The van der Waals surface area contributed by atoms with Gasteiger partial charge in [-0.05, 0) is 37.1 Å². The van der Waals surface area contributed by atoms with E-state index in [4.69, 9.17) is 0 Å². The molecule has 0 N–H and O–H groups in total. The van der Waals surface area contributed by atoms with Crippen molar-refractivity contribution in [3.05, 3.63) is 53.3 Å². The smallest absolute Gasteiger partial charge is 0.144 e. The summed E-state index contributed by atoms with van der Waals surface area (Å²) in [4.78, 5) is 4.63. The molecule has 19 heavy (non-hydrogen) atoms. The Morgan fingerprint density at radius 3 is 2.37 bits per heavy atom. The van der Waals surface area contributed by atoms with E-state index in [1.54, 1.807) is 6.07 Å². The molecule has 0 amide bonds. The van der Waals surface area contributed by atoms with Gasteiger partial charge in [-0.3, -0.25) is 0 Å². The second-order valence-corrected chi connectivity index (χ2v) is 4.87. The van der Waals surface area contributed by atoms with E-state index < -0.39 is 0 Å². The molecule has 0 aliphatic heterocycles. The average Bonchev–Trinajstić information content (AvgIpc) is 2.69. The largest absolute Gasteiger partial charge is 0.327 e. The molecule has 0 saturated carbocycles. The summed E-state index contributed by atoms with van der Waals surface area (Å²) < 4.78 is 16.0. The first-order valence-electron chi connectivity index (χ1n) is 6.27. The van der Waals surface area contributed by atoms with Gasteiger partial charge in [-0.1, -0.05) is 24.3 Å². The van der Waals surface area contributed by atoms with Crippen LogP contribution in [-0.2, 0) is 7.05 Å². The molecule has 2 nitrogen and oxygen atoms in total. The highest BCUT2D eigenvalue weighted by molar-refractivity contribution is 5.83. The monoisotopic (exact) mass is 254 g/mol. The normalized spacial score (nSPS) is 11.2. The van der Waals surface area contributed by atoms with E-state index in [1.165, 1.54) is 6.07 Å². The zero-order valence-electron chi connectivity index (χ0n) is 11.2. The number of nitrogens with zero attached hydrogens (tertiary/aromatic N) is 2. The summed E-state index contributed by atoms with van der Waals surface area (Å²) in [5.41, 5.74) is 4.55. The Morgan fingerprint density at radius 1 is 1.00 bits per heavy atom. The minimum Gasteiger partial charge on any atom is -0.327 e. The van der Waals surface area contributed by atoms with Gasteiger partial charge in [0.1, 0.15) is 11.6 Å². The molecule has 0 aliphatic carbocycles. The lowest BCUT2D eigenvalue weighted by Gasteiger charge is -2.07. The molecule has 1 heterocycles. The molecule has 0 saturated heterocycles. The van der Waals surface area contributed by atoms with Crippen LogP contribution in [-0.4, -0.2) is 9.55 Å². The number of aryl methyl sites for hydroxylation is 3. The van der Waals surface area contributed by atoms with Crippen LogP contribution in [0.15, 0.2) is 36.4 Å². The predicted octanol–water partition coefficient (Wildman–Crippen LogP) is 4.00. The Morgan fingerprint density at radius 2 is 1.68 bits per heavy atom. The van der Waals surface area contributed by atoms with E-state index in [1.807, 2.05) is 49.7 Å². The summed E-state index contributed by atoms with van der Waals surface area (Å²) in [5, 5.41) is 0. The predicted molar refractivity (Wildman–Crippen MR) is 75.6 cm³/mol. The van der Waals surface area contributed by atoms with Crippen LogP contribution in [0.5, 0.6) is 0 Å². The number of imidazole rings is 1. The van der Waals surface area contributed by atoms with Crippen molar-refractivity contribution in [2.75, 3.05) is 0 Å². The number of halogens is 1. The zero-order valence-corrected chi connectivity index (χ0v) is 11.2. The van der Waals surface area contributed by atoms with Crippen LogP contribution in [0.4, 0.5) is 4.39 Å². The van der Waals surface area contributed by atoms with Crippen molar-refractivity contribution in [2.24, 2.45) is 7.05 Å². The van der Waals surface area contributed by atoms with Gasteiger partial charge in [-0.15, -0.1) is 0 Å². The van der Waals surface area contributed by atoms with Crippen LogP contribution in [0.1, 0.15) is 11.1 Å². The molecule has 3 aromatic rings. The number of aromatic nitrogens is 2. The molecule has 0 radical (unpaired) electrons. The average molecular weight is 254 g/mol. The molecule has 0 fully saturated rings. The van der Waals surface area contributed by atoms with E-state index >= 15 is 0 Å². The topological polar surface area (TPSA) is 17.8 Å². The van der Waals surface area contributed by atoms with Crippen molar-refractivity contribution in [1.82, 2.24) is 9.55 Å². The Bertz CT molecular complexity index is 752. The summed E-state index contributed by atoms with van der Waals surface area (Å²) in [6.07, 6.45) is 0. The molecule has 0 unspecified atom stereocenters. The second kappa shape index (κ2) is 4.19.